The molecule has 1 atom stereocenters. The average Bonchev–Trinajstić information content (AvgIpc) is 2.24. The summed E-state index contributed by atoms with van der Waals surface area (Å²) in [4.78, 5) is 35.9. The normalized spacial score (nSPS) is 12.2. The number of likely N-dealkylation sites (N-methyl/N-ethyl adjacent to an activating group) is 1. The molecule has 1 heterocycles. The fraction of sp³-hybridized carbons (Fsp3) is 0.444. The summed E-state index contributed by atoms with van der Waals surface area (Å²) in [5.41, 5.74) is -1.48. The van der Waals surface area contributed by atoms with Crippen molar-refractivity contribution in [2.75, 3.05) is 7.05 Å². The summed E-state index contributed by atoms with van der Waals surface area (Å²) >= 11 is 0. The van der Waals surface area contributed by atoms with Crippen LogP contribution in [0.1, 0.15) is 18.5 Å². The Labute approximate surface area is 90.7 Å². The number of carbonyl (C=O) groups is 1. The molecule has 7 nitrogen and oxygen atoms in total. The number of rotatable bonds is 2. The standard InChI is InChI=1S/C9H13N3O4/c1-4-6(13)11-9(16)12(8(4)15)5(2)7(14)10-3/h5,15H,1-3H3,(H,10,14)(H,11,13,16). The minimum Gasteiger partial charge on any atom is -0.494 e. The lowest BCUT2D eigenvalue weighted by Gasteiger charge is -2.15. The van der Waals surface area contributed by atoms with E-state index in [-0.39, 0.29) is 5.56 Å². The second-order valence-corrected chi connectivity index (χ2v) is 3.37. The molecule has 0 bridgehead atoms. The molecule has 88 valence electrons. The first kappa shape index (κ1) is 12.0. The first-order valence-electron chi connectivity index (χ1n) is 4.66. The van der Waals surface area contributed by atoms with Crippen LogP contribution in [0.5, 0.6) is 5.88 Å². The third kappa shape index (κ3) is 1.83. The Morgan fingerprint density at radius 1 is 1.50 bits per heavy atom. The highest BCUT2D eigenvalue weighted by molar-refractivity contribution is 5.79. The van der Waals surface area contributed by atoms with Gasteiger partial charge in [0.2, 0.25) is 11.8 Å². The van der Waals surface area contributed by atoms with Crippen LogP contribution >= 0.6 is 0 Å². The van der Waals surface area contributed by atoms with Gasteiger partial charge in [-0.2, -0.15) is 0 Å². The van der Waals surface area contributed by atoms with E-state index in [1.165, 1.54) is 20.9 Å². The number of carbonyl (C=O) groups excluding carboxylic acids is 1. The molecule has 1 aromatic heterocycles. The van der Waals surface area contributed by atoms with Gasteiger partial charge in [-0.1, -0.05) is 0 Å². The summed E-state index contributed by atoms with van der Waals surface area (Å²) in [5, 5.41) is 12.0. The maximum atomic E-state index is 11.4. The minimum absolute atomic E-state index is 0.00430. The van der Waals surface area contributed by atoms with Crippen molar-refractivity contribution in [1.29, 1.82) is 0 Å². The van der Waals surface area contributed by atoms with Crippen LogP contribution in [0.15, 0.2) is 9.59 Å². The summed E-state index contributed by atoms with van der Waals surface area (Å²) in [6.07, 6.45) is 0. The summed E-state index contributed by atoms with van der Waals surface area (Å²) < 4.78 is 0.829. The van der Waals surface area contributed by atoms with Gasteiger partial charge in [-0.25, -0.2) is 4.79 Å². The van der Waals surface area contributed by atoms with Crippen molar-refractivity contribution in [3.63, 3.8) is 0 Å². The number of hydrogen-bond donors (Lipinski definition) is 3. The zero-order valence-electron chi connectivity index (χ0n) is 9.20. The molecule has 0 saturated carbocycles. The van der Waals surface area contributed by atoms with Crippen LogP contribution in [0.3, 0.4) is 0 Å². The third-order valence-electron chi connectivity index (χ3n) is 2.36. The molecule has 0 aliphatic heterocycles. The van der Waals surface area contributed by atoms with Gasteiger partial charge in [0, 0.05) is 7.05 Å². The van der Waals surface area contributed by atoms with Gasteiger partial charge < -0.3 is 10.4 Å². The maximum absolute atomic E-state index is 11.4. The molecule has 3 N–H and O–H groups in total. The first-order chi connectivity index (χ1) is 7.40. The van der Waals surface area contributed by atoms with Crippen molar-refractivity contribution in [3.05, 3.63) is 26.4 Å². The number of hydrogen-bond acceptors (Lipinski definition) is 4. The molecule has 0 saturated heterocycles. The highest BCUT2D eigenvalue weighted by Crippen LogP contribution is 2.14. The number of amides is 1. The quantitative estimate of drug-likeness (QED) is 0.593. The lowest BCUT2D eigenvalue weighted by Crippen LogP contribution is -2.38. The fourth-order valence-corrected chi connectivity index (χ4v) is 1.31. The van der Waals surface area contributed by atoms with Crippen molar-refractivity contribution in [1.82, 2.24) is 14.9 Å². The number of aromatic hydroxyl groups is 1. The summed E-state index contributed by atoms with van der Waals surface area (Å²) in [7, 11) is 1.42. The smallest absolute Gasteiger partial charge is 0.331 e. The molecular weight excluding hydrogens is 214 g/mol. The molecule has 7 heteroatoms. The van der Waals surface area contributed by atoms with Crippen molar-refractivity contribution < 1.29 is 9.90 Å². The first-order valence-corrected chi connectivity index (χ1v) is 4.66. The average molecular weight is 227 g/mol. The van der Waals surface area contributed by atoms with E-state index in [2.05, 4.69) is 5.32 Å². The Balaban J connectivity index is 3.46. The molecule has 1 amide bonds. The van der Waals surface area contributed by atoms with Crippen LogP contribution in [0, 0.1) is 6.92 Å². The highest BCUT2D eigenvalue weighted by atomic mass is 16.3. The molecule has 1 unspecified atom stereocenters. The monoisotopic (exact) mass is 227 g/mol. The number of H-pyrrole nitrogens is 1. The van der Waals surface area contributed by atoms with E-state index < -0.39 is 29.1 Å². The van der Waals surface area contributed by atoms with Crippen LogP contribution in [-0.4, -0.2) is 27.6 Å². The molecule has 0 aliphatic rings. The molecule has 16 heavy (non-hydrogen) atoms. The van der Waals surface area contributed by atoms with Crippen molar-refractivity contribution in [2.24, 2.45) is 0 Å². The topological polar surface area (TPSA) is 104 Å². The molecule has 0 aromatic carbocycles. The Morgan fingerprint density at radius 3 is 2.56 bits per heavy atom. The molecule has 0 fully saturated rings. The van der Waals surface area contributed by atoms with E-state index in [1.54, 1.807) is 0 Å². The van der Waals surface area contributed by atoms with Gasteiger partial charge in [0.1, 0.15) is 6.04 Å². The second-order valence-electron chi connectivity index (χ2n) is 3.37. The van der Waals surface area contributed by atoms with Gasteiger partial charge in [-0.3, -0.25) is 19.1 Å². The number of aromatic nitrogens is 2. The van der Waals surface area contributed by atoms with Gasteiger partial charge in [-0.05, 0) is 13.8 Å². The predicted octanol–water partition coefficient (Wildman–Crippen LogP) is -1.14. The fourth-order valence-electron chi connectivity index (χ4n) is 1.31. The van der Waals surface area contributed by atoms with Crippen LogP contribution in [0.4, 0.5) is 0 Å². The Hall–Kier alpha value is -2.05. The van der Waals surface area contributed by atoms with Gasteiger partial charge >= 0.3 is 5.69 Å². The molecule has 0 aliphatic carbocycles. The largest absolute Gasteiger partial charge is 0.494 e. The maximum Gasteiger partial charge on any atom is 0.331 e. The summed E-state index contributed by atoms with van der Waals surface area (Å²) in [5.74, 6) is -0.936. The van der Waals surface area contributed by atoms with Crippen molar-refractivity contribution in [2.45, 2.75) is 19.9 Å². The zero-order valence-corrected chi connectivity index (χ0v) is 9.20. The van der Waals surface area contributed by atoms with Gasteiger partial charge in [-0.15, -0.1) is 0 Å². The van der Waals surface area contributed by atoms with Crippen LogP contribution < -0.4 is 16.6 Å². The number of nitrogens with one attached hydrogen (secondary N) is 2. The summed E-state index contributed by atoms with van der Waals surface area (Å²) in [6, 6.07) is -0.895. The molecule has 1 aromatic rings. The van der Waals surface area contributed by atoms with Crippen LogP contribution in [-0.2, 0) is 4.79 Å². The Morgan fingerprint density at radius 2 is 2.06 bits per heavy atom. The molecule has 1 rings (SSSR count). The lowest BCUT2D eigenvalue weighted by molar-refractivity contribution is -0.123. The Bertz CT molecular complexity index is 529. The second kappa shape index (κ2) is 4.21. The van der Waals surface area contributed by atoms with Crippen molar-refractivity contribution >= 4 is 5.91 Å². The van der Waals surface area contributed by atoms with E-state index in [0.29, 0.717) is 0 Å². The van der Waals surface area contributed by atoms with Gasteiger partial charge in [0.05, 0.1) is 5.56 Å². The lowest BCUT2D eigenvalue weighted by atomic mass is 10.3. The number of aromatic amines is 1. The predicted molar refractivity (Wildman–Crippen MR) is 56.5 cm³/mol. The molecular formula is C9H13N3O4. The highest BCUT2D eigenvalue weighted by Gasteiger charge is 2.20. The zero-order chi connectivity index (χ0) is 12.5. The third-order valence-corrected chi connectivity index (χ3v) is 2.36. The van der Waals surface area contributed by atoms with E-state index in [4.69, 9.17) is 0 Å². The number of nitrogens with zero attached hydrogens (tertiary/aromatic N) is 1. The van der Waals surface area contributed by atoms with E-state index in [1.807, 2.05) is 4.98 Å². The van der Waals surface area contributed by atoms with Gasteiger partial charge in [0.25, 0.3) is 5.56 Å². The molecule has 0 radical (unpaired) electrons. The van der Waals surface area contributed by atoms with E-state index in [0.717, 1.165) is 4.57 Å². The van der Waals surface area contributed by atoms with Gasteiger partial charge in [0.15, 0.2) is 0 Å². The van der Waals surface area contributed by atoms with Crippen LogP contribution in [0.25, 0.3) is 0 Å². The Kier molecular flexibility index (Phi) is 3.17. The SMILES string of the molecule is CNC(=O)C(C)n1c(O)c(C)c(=O)[nH]c1=O. The minimum atomic E-state index is -0.895. The van der Waals surface area contributed by atoms with Crippen LogP contribution in [0.2, 0.25) is 0 Å². The van der Waals surface area contributed by atoms with Crippen molar-refractivity contribution in [3.8, 4) is 5.88 Å². The summed E-state index contributed by atoms with van der Waals surface area (Å²) in [6.45, 7) is 2.80. The molecule has 0 spiro atoms. The van der Waals surface area contributed by atoms with E-state index >= 15 is 0 Å². The van der Waals surface area contributed by atoms with E-state index in [9.17, 15) is 19.5 Å².